The number of rotatable bonds is 7. The van der Waals surface area contributed by atoms with E-state index in [0.29, 0.717) is 24.7 Å². The maximum Gasteiger partial charge on any atom is 0.184 e. The van der Waals surface area contributed by atoms with E-state index in [9.17, 15) is 0 Å². The monoisotopic (exact) mass is 485 g/mol. The van der Waals surface area contributed by atoms with Crippen LogP contribution in [0.5, 0.6) is 11.5 Å². The van der Waals surface area contributed by atoms with Crippen molar-refractivity contribution in [2.24, 2.45) is 10.8 Å². The van der Waals surface area contributed by atoms with Gasteiger partial charge in [-0.05, 0) is 70.5 Å². The maximum absolute atomic E-state index is 5.96. The second kappa shape index (κ2) is 9.74. The van der Waals surface area contributed by atoms with E-state index in [1.54, 1.807) is 6.21 Å². The van der Waals surface area contributed by atoms with Crippen LogP contribution in [-0.4, -0.2) is 17.9 Å². The Labute approximate surface area is 168 Å². The van der Waals surface area contributed by atoms with Gasteiger partial charge in [0, 0.05) is 4.47 Å². The summed E-state index contributed by atoms with van der Waals surface area (Å²) >= 11 is 11.7. The predicted octanol–water partition coefficient (Wildman–Crippen LogP) is 4.36. The van der Waals surface area contributed by atoms with Crippen LogP contribution < -0.4 is 20.6 Å². The van der Waals surface area contributed by atoms with E-state index in [4.69, 9.17) is 27.4 Å². The van der Waals surface area contributed by atoms with E-state index in [2.05, 4.69) is 42.4 Å². The Hall–Kier alpha value is -1.64. The standard InChI is InChI=1S/C17H17Br2N3O2S/c1-2-23-15-8-12(9-21-22-17(20)25)7-14(19)16(15)24-10-11-3-5-13(18)6-4-11/h3-9H,2,10H2,1H3,(H3,20,22,25)/b21-9-. The number of halogens is 2. The smallest absolute Gasteiger partial charge is 0.184 e. The Morgan fingerprint density at radius 2 is 1.96 bits per heavy atom. The number of nitrogens with one attached hydrogen (secondary N) is 1. The van der Waals surface area contributed by atoms with Gasteiger partial charge in [0.15, 0.2) is 16.6 Å². The molecule has 0 spiro atoms. The molecule has 3 N–H and O–H groups in total. The minimum Gasteiger partial charge on any atom is -0.490 e. The van der Waals surface area contributed by atoms with E-state index in [1.807, 2.05) is 43.3 Å². The van der Waals surface area contributed by atoms with Gasteiger partial charge in [-0.25, -0.2) is 0 Å². The zero-order valence-electron chi connectivity index (χ0n) is 13.5. The summed E-state index contributed by atoms with van der Waals surface area (Å²) in [6, 6.07) is 11.7. The van der Waals surface area contributed by atoms with Crippen molar-refractivity contribution in [3.8, 4) is 11.5 Å². The number of nitrogens with zero attached hydrogens (tertiary/aromatic N) is 1. The van der Waals surface area contributed by atoms with Crippen molar-refractivity contribution in [3.05, 3.63) is 56.5 Å². The Kier molecular flexibility index (Phi) is 7.67. The van der Waals surface area contributed by atoms with Gasteiger partial charge in [0.25, 0.3) is 0 Å². The van der Waals surface area contributed by atoms with E-state index < -0.39 is 0 Å². The number of hydrogen-bond acceptors (Lipinski definition) is 4. The van der Waals surface area contributed by atoms with Crippen LogP contribution in [0.4, 0.5) is 0 Å². The van der Waals surface area contributed by atoms with Crippen LogP contribution in [-0.2, 0) is 6.61 Å². The van der Waals surface area contributed by atoms with Gasteiger partial charge in [-0.2, -0.15) is 5.10 Å². The van der Waals surface area contributed by atoms with Crippen molar-refractivity contribution in [1.29, 1.82) is 0 Å². The van der Waals surface area contributed by atoms with Gasteiger partial charge in [0.05, 0.1) is 17.3 Å². The number of nitrogens with two attached hydrogens (primary N) is 1. The van der Waals surface area contributed by atoms with Crippen LogP contribution in [0.25, 0.3) is 0 Å². The van der Waals surface area contributed by atoms with E-state index >= 15 is 0 Å². The molecule has 2 aromatic rings. The molecule has 2 aromatic carbocycles. The molecular formula is C17H17Br2N3O2S. The minimum atomic E-state index is 0.106. The van der Waals surface area contributed by atoms with Crippen LogP contribution in [0.15, 0.2) is 50.4 Å². The second-order valence-electron chi connectivity index (χ2n) is 4.91. The molecule has 2 rings (SSSR count). The number of hydrazone groups is 1. The summed E-state index contributed by atoms with van der Waals surface area (Å²) in [7, 11) is 0. The zero-order valence-corrected chi connectivity index (χ0v) is 17.4. The fraction of sp³-hybridized carbons (Fsp3) is 0.176. The van der Waals surface area contributed by atoms with Gasteiger partial charge in [-0.1, -0.05) is 28.1 Å². The molecule has 0 atom stereocenters. The van der Waals surface area contributed by atoms with Gasteiger partial charge in [-0.3, -0.25) is 5.43 Å². The molecule has 0 saturated carbocycles. The first-order chi connectivity index (χ1) is 12.0. The summed E-state index contributed by atoms with van der Waals surface area (Å²) in [6.07, 6.45) is 1.60. The highest BCUT2D eigenvalue weighted by atomic mass is 79.9. The molecule has 25 heavy (non-hydrogen) atoms. The van der Waals surface area contributed by atoms with Gasteiger partial charge < -0.3 is 15.2 Å². The van der Waals surface area contributed by atoms with Gasteiger partial charge in [0.1, 0.15) is 6.61 Å². The van der Waals surface area contributed by atoms with E-state index in [-0.39, 0.29) is 5.11 Å². The van der Waals surface area contributed by atoms with Crippen LogP contribution in [0.1, 0.15) is 18.1 Å². The average Bonchev–Trinajstić information content (AvgIpc) is 2.55. The highest BCUT2D eigenvalue weighted by Crippen LogP contribution is 2.37. The first kappa shape index (κ1) is 19.7. The lowest BCUT2D eigenvalue weighted by Gasteiger charge is -2.14. The van der Waals surface area contributed by atoms with Crippen LogP contribution >= 0.6 is 44.1 Å². The Bertz CT molecular complexity index is 767. The van der Waals surface area contributed by atoms with Crippen molar-refractivity contribution in [3.63, 3.8) is 0 Å². The zero-order chi connectivity index (χ0) is 18.2. The molecule has 8 heteroatoms. The first-order valence-corrected chi connectivity index (χ1v) is 9.41. The van der Waals surface area contributed by atoms with Crippen LogP contribution in [0.3, 0.4) is 0 Å². The van der Waals surface area contributed by atoms with E-state index in [0.717, 1.165) is 20.1 Å². The number of hydrogen-bond donors (Lipinski definition) is 2. The third-order valence-electron chi connectivity index (χ3n) is 3.02. The summed E-state index contributed by atoms with van der Waals surface area (Å²) in [6.45, 7) is 2.87. The molecule has 0 aromatic heterocycles. The highest BCUT2D eigenvalue weighted by Gasteiger charge is 2.12. The molecule has 5 nitrogen and oxygen atoms in total. The lowest BCUT2D eigenvalue weighted by Crippen LogP contribution is -2.23. The third kappa shape index (κ3) is 6.30. The highest BCUT2D eigenvalue weighted by molar-refractivity contribution is 9.10. The third-order valence-corrected chi connectivity index (χ3v) is 4.23. The minimum absolute atomic E-state index is 0.106. The molecule has 0 aliphatic heterocycles. The normalized spacial score (nSPS) is 10.7. The SMILES string of the molecule is CCOc1cc(/C=N\NC(N)=S)cc(Br)c1OCc1ccc(Br)cc1. The number of thiocarbonyl (C=S) groups is 1. The summed E-state index contributed by atoms with van der Waals surface area (Å²) in [5, 5.41) is 4.06. The predicted molar refractivity (Wildman–Crippen MR) is 111 cm³/mol. The molecule has 0 fully saturated rings. The van der Waals surface area contributed by atoms with Crippen LogP contribution in [0, 0.1) is 0 Å². The van der Waals surface area contributed by atoms with Gasteiger partial charge in [0.2, 0.25) is 0 Å². The molecule has 0 saturated heterocycles. The topological polar surface area (TPSA) is 68.9 Å². The van der Waals surface area contributed by atoms with Crippen molar-refractivity contribution in [2.45, 2.75) is 13.5 Å². The molecular weight excluding hydrogens is 470 g/mol. The quantitative estimate of drug-likeness (QED) is 0.345. The molecule has 0 radical (unpaired) electrons. The summed E-state index contributed by atoms with van der Waals surface area (Å²) < 4.78 is 13.5. The first-order valence-electron chi connectivity index (χ1n) is 7.41. The molecule has 0 bridgehead atoms. The fourth-order valence-electron chi connectivity index (χ4n) is 1.97. The lowest BCUT2D eigenvalue weighted by atomic mass is 10.2. The molecule has 0 amide bonds. The maximum atomic E-state index is 5.96. The summed E-state index contributed by atoms with van der Waals surface area (Å²) in [4.78, 5) is 0. The van der Waals surface area contributed by atoms with Crippen molar-refractivity contribution < 1.29 is 9.47 Å². The Morgan fingerprint density at radius 1 is 1.24 bits per heavy atom. The Morgan fingerprint density at radius 3 is 2.60 bits per heavy atom. The number of ether oxygens (including phenoxy) is 2. The van der Waals surface area contributed by atoms with Crippen molar-refractivity contribution in [1.82, 2.24) is 5.43 Å². The van der Waals surface area contributed by atoms with Crippen LogP contribution in [0.2, 0.25) is 0 Å². The van der Waals surface area contributed by atoms with E-state index in [1.165, 1.54) is 0 Å². The molecule has 0 aliphatic rings. The lowest BCUT2D eigenvalue weighted by molar-refractivity contribution is 0.267. The number of benzene rings is 2. The van der Waals surface area contributed by atoms with Crippen molar-refractivity contribution >= 4 is 55.4 Å². The summed E-state index contributed by atoms with van der Waals surface area (Å²) in [5.74, 6) is 1.27. The second-order valence-corrected chi connectivity index (χ2v) is 7.12. The van der Waals surface area contributed by atoms with Gasteiger partial charge in [-0.15, -0.1) is 0 Å². The molecule has 0 aliphatic carbocycles. The largest absolute Gasteiger partial charge is 0.490 e. The Balaban J connectivity index is 2.19. The molecule has 0 heterocycles. The fourth-order valence-corrected chi connectivity index (χ4v) is 2.86. The molecule has 132 valence electrons. The van der Waals surface area contributed by atoms with Crippen molar-refractivity contribution in [2.75, 3.05) is 6.61 Å². The molecule has 0 unspecified atom stereocenters. The van der Waals surface area contributed by atoms with Gasteiger partial charge >= 0.3 is 0 Å². The summed E-state index contributed by atoms with van der Waals surface area (Å²) in [5.41, 5.74) is 9.73. The average molecular weight is 487 g/mol.